The standard InChI is InChI=1S/C21H21ClN2O4S2/c1-3-27-20(26)14-4-9-17-18(12-14)30-21(24(17)10-11-29-2)23-19(25)13-28-16-7-5-15(22)6-8-16/h4-9,12H,3,10-11,13H2,1-2H3. The second-order valence-electron chi connectivity index (χ2n) is 6.18. The van der Waals surface area contributed by atoms with E-state index in [1.54, 1.807) is 55.1 Å². The van der Waals surface area contributed by atoms with Crippen LogP contribution in [-0.2, 0) is 16.1 Å². The van der Waals surface area contributed by atoms with Crippen LogP contribution in [0.25, 0.3) is 10.2 Å². The quantitative estimate of drug-likeness (QED) is 0.462. The Morgan fingerprint density at radius 1 is 1.20 bits per heavy atom. The van der Waals surface area contributed by atoms with Gasteiger partial charge in [0.1, 0.15) is 5.75 Å². The van der Waals surface area contributed by atoms with Crippen LogP contribution in [-0.4, -0.2) is 41.7 Å². The van der Waals surface area contributed by atoms with Gasteiger partial charge in [-0.15, -0.1) is 0 Å². The van der Waals surface area contributed by atoms with Crippen LogP contribution in [0.5, 0.6) is 5.75 Å². The first-order valence-electron chi connectivity index (χ1n) is 9.27. The Morgan fingerprint density at radius 2 is 1.97 bits per heavy atom. The number of fused-ring (bicyclic) bond motifs is 1. The summed E-state index contributed by atoms with van der Waals surface area (Å²) in [4.78, 5) is 29.3. The molecule has 0 spiro atoms. The molecule has 0 atom stereocenters. The molecule has 158 valence electrons. The summed E-state index contributed by atoms with van der Waals surface area (Å²) in [5.41, 5.74) is 1.40. The van der Waals surface area contributed by atoms with Gasteiger partial charge in [0, 0.05) is 17.3 Å². The molecule has 0 saturated heterocycles. The summed E-state index contributed by atoms with van der Waals surface area (Å²) in [5, 5.41) is 0.598. The predicted octanol–water partition coefficient (Wildman–Crippen LogP) is 4.40. The summed E-state index contributed by atoms with van der Waals surface area (Å²) < 4.78 is 13.4. The third-order valence-electron chi connectivity index (χ3n) is 4.11. The van der Waals surface area contributed by atoms with Gasteiger partial charge in [0.15, 0.2) is 11.4 Å². The summed E-state index contributed by atoms with van der Waals surface area (Å²) in [6.07, 6.45) is 2.02. The summed E-state index contributed by atoms with van der Waals surface area (Å²) in [6.45, 7) is 2.61. The molecule has 0 radical (unpaired) electrons. The lowest BCUT2D eigenvalue weighted by Crippen LogP contribution is -2.20. The van der Waals surface area contributed by atoms with E-state index in [0.29, 0.717) is 34.3 Å². The number of benzene rings is 2. The van der Waals surface area contributed by atoms with E-state index in [0.717, 1.165) is 16.0 Å². The number of nitrogens with zero attached hydrogens (tertiary/aromatic N) is 2. The third kappa shape index (κ3) is 5.65. The molecule has 1 aromatic heterocycles. The number of esters is 1. The van der Waals surface area contributed by atoms with Gasteiger partial charge >= 0.3 is 5.97 Å². The molecule has 0 unspecified atom stereocenters. The van der Waals surface area contributed by atoms with Crippen LogP contribution < -0.4 is 9.54 Å². The monoisotopic (exact) mass is 464 g/mol. The second-order valence-corrected chi connectivity index (χ2v) is 8.61. The van der Waals surface area contributed by atoms with Crippen LogP contribution in [0.4, 0.5) is 0 Å². The molecule has 0 aliphatic carbocycles. The van der Waals surface area contributed by atoms with Gasteiger partial charge in [-0.1, -0.05) is 22.9 Å². The van der Waals surface area contributed by atoms with E-state index in [1.165, 1.54) is 11.3 Å². The van der Waals surface area contributed by atoms with Crippen LogP contribution in [0.3, 0.4) is 0 Å². The average molecular weight is 465 g/mol. The number of aryl methyl sites for hydroxylation is 1. The molecular formula is C21H21ClN2O4S2. The summed E-state index contributed by atoms with van der Waals surface area (Å²) in [7, 11) is 0. The molecule has 30 heavy (non-hydrogen) atoms. The second kappa shape index (κ2) is 10.7. The van der Waals surface area contributed by atoms with E-state index >= 15 is 0 Å². The van der Waals surface area contributed by atoms with Crippen molar-refractivity contribution in [1.82, 2.24) is 4.57 Å². The molecule has 0 saturated carbocycles. The number of thioether (sulfide) groups is 1. The normalized spacial score (nSPS) is 11.6. The van der Waals surface area contributed by atoms with E-state index in [4.69, 9.17) is 21.1 Å². The van der Waals surface area contributed by atoms with Crippen LogP contribution >= 0.6 is 34.7 Å². The van der Waals surface area contributed by atoms with Gasteiger partial charge in [-0.2, -0.15) is 16.8 Å². The van der Waals surface area contributed by atoms with E-state index in [1.807, 2.05) is 16.9 Å². The first-order valence-corrected chi connectivity index (χ1v) is 11.9. The van der Waals surface area contributed by atoms with Gasteiger partial charge in [-0.3, -0.25) is 4.79 Å². The van der Waals surface area contributed by atoms with Crippen molar-refractivity contribution in [2.75, 3.05) is 25.2 Å². The molecule has 6 nitrogen and oxygen atoms in total. The Hall–Kier alpha value is -2.29. The molecular weight excluding hydrogens is 444 g/mol. The van der Waals surface area contributed by atoms with Gasteiger partial charge in [0.25, 0.3) is 5.91 Å². The number of rotatable bonds is 8. The van der Waals surface area contributed by atoms with E-state index in [9.17, 15) is 9.59 Å². The SMILES string of the molecule is CCOC(=O)c1ccc2c(c1)sc(=NC(=O)COc1ccc(Cl)cc1)n2CCSC. The number of carbonyl (C=O) groups excluding carboxylic acids is 2. The molecule has 0 aliphatic rings. The number of thiazole rings is 1. The van der Waals surface area contributed by atoms with E-state index in [2.05, 4.69) is 4.99 Å². The first-order chi connectivity index (χ1) is 14.5. The average Bonchev–Trinajstić information content (AvgIpc) is 3.08. The lowest BCUT2D eigenvalue weighted by atomic mass is 10.2. The Bertz CT molecular complexity index is 1110. The fraction of sp³-hybridized carbons (Fsp3) is 0.286. The van der Waals surface area contributed by atoms with E-state index < -0.39 is 0 Å². The molecule has 0 aliphatic heterocycles. The fourth-order valence-electron chi connectivity index (χ4n) is 2.71. The Balaban J connectivity index is 1.88. The molecule has 1 heterocycles. The number of amides is 1. The number of aromatic nitrogens is 1. The molecule has 3 rings (SSSR count). The smallest absolute Gasteiger partial charge is 0.338 e. The molecule has 1 amide bonds. The third-order valence-corrected chi connectivity index (χ3v) is 5.99. The van der Waals surface area contributed by atoms with Crippen LogP contribution in [0.1, 0.15) is 17.3 Å². The zero-order valence-electron chi connectivity index (χ0n) is 16.6. The van der Waals surface area contributed by atoms with Crippen molar-refractivity contribution >= 4 is 56.8 Å². The molecule has 0 bridgehead atoms. The highest BCUT2D eigenvalue weighted by Gasteiger charge is 2.12. The molecule has 3 aromatic rings. The molecule has 0 N–H and O–H groups in total. The van der Waals surface area contributed by atoms with Gasteiger partial charge in [0.2, 0.25) is 0 Å². The van der Waals surface area contributed by atoms with Crippen molar-refractivity contribution in [1.29, 1.82) is 0 Å². The maximum atomic E-state index is 12.4. The largest absolute Gasteiger partial charge is 0.484 e. The highest BCUT2D eigenvalue weighted by molar-refractivity contribution is 7.98. The van der Waals surface area contributed by atoms with Crippen molar-refractivity contribution in [2.45, 2.75) is 13.5 Å². The summed E-state index contributed by atoms with van der Waals surface area (Å²) in [6, 6.07) is 12.2. The van der Waals surface area contributed by atoms with Gasteiger partial charge in [-0.25, -0.2) is 4.79 Å². The lowest BCUT2D eigenvalue weighted by molar-refractivity contribution is -0.120. The zero-order chi connectivity index (χ0) is 21.5. The fourth-order valence-corrected chi connectivity index (χ4v) is 4.32. The van der Waals surface area contributed by atoms with Crippen molar-refractivity contribution in [2.24, 2.45) is 4.99 Å². The van der Waals surface area contributed by atoms with Crippen molar-refractivity contribution in [3.63, 3.8) is 0 Å². The van der Waals surface area contributed by atoms with Crippen molar-refractivity contribution < 1.29 is 19.1 Å². The Kier molecular flexibility index (Phi) is 7.95. The molecule has 0 fully saturated rings. The number of hydrogen-bond donors (Lipinski definition) is 0. The zero-order valence-corrected chi connectivity index (χ0v) is 19.0. The Morgan fingerprint density at radius 3 is 2.67 bits per heavy atom. The van der Waals surface area contributed by atoms with E-state index in [-0.39, 0.29) is 18.5 Å². The highest BCUT2D eigenvalue weighted by Crippen LogP contribution is 2.20. The van der Waals surface area contributed by atoms with Gasteiger partial charge < -0.3 is 14.0 Å². The maximum absolute atomic E-state index is 12.4. The maximum Gasteiger partial charge on any atom is 0.338 e. The first kappa shape index (κ1) is 22.4. The minimum absolute atomic E-state index is 0.174. The Labute approximate surface area is 187 Å². The number of hydrogen-bond acceptors (Lipinski definition) is 6. The lowest BCUT2D eigenvalue weighted by Gasteiger charge is -2.05. The van der Waals surface area contributed by atoms with Crippen molar-refractivity contribution in [3.05, 3.63) is 57.9 Å². The summed E-state index contributed by atoms with van der Waals surface area (Å²) in [5.74, 6) is 0.664. The molecule has 2 aromatic carbocycles. The number of halogens is 1. The van der Waals surface area contributed by atoms with Crippen LogP contribution in [0.2, 0.25) is 5.02 Å². The van der Waals surface area contributed by atoms with Crippen LogP contribution in [0.15, 0.2) is 47.5 Å². The predicted molar refractivity (Wildman–Crippen MR) is 122 cm³/mol. The summed E-state index contributed by atoms with van der Waals surface area (Å²) >= 11 is 8.92. The molecule has 9 heteroatoms. The minimum Gasteiger partial charge on any atom is -0.484 e. The van der Waals surface area contributed by atoms with Gasteiger partial charge in [-0.05, 0) is 55.6 Å². The highest BCUT2D eigenvalue weighted by atomic mass is 35.5. The minimum atomic E-state index is -0.389. The topological polar surface area (TPSA) is 69.9 Å². The van der Waals surface area contributed by atoms with Crippen LogP contribution in [0, 0.1) is 0 Å². The van der Waals surface area contributed by atoms with Crippen molar-refractivity contribution in [3.8, 4) is 5.75 Å². The number of ether oxygens (including phenoxy) is 2. The number of carbonyl (C=O) groups is 2. The van der Waals surface area contributed by atoms with Gasteiger partial charge in [0.05, 0.1) is 22.4 Å².